The van der Waals surface area contributed by atoms with Crippen molar-refractivity contribution in [3.8, 4) is 5.88 Å². The molecule has 0 unspecified atom stereocenters. The van der Waals surface area contributed by atoms with Crippen LogP contribution in [0, 0.1) is 0 Å². The molecule has 6 nitrogen and oxygen atoms in total. The molecule has 2 heterocycles. The minimum Gasteiger partial charge on any atom is -0.473 e. The van der Waals surface area contributed by atoms with Gasteiger partial charge >= 0.3 is 0 Å². The van der Waals surface area contributed by atoms with Crippen LogP contribution in [0.5, 0.6) is 5.88 Å². The van der Waals surface area contributed by atoms with Crippen LogP contribution in [-0.2, 0) is 19.7 Å². The SMILES string of the molecule is CCNC(=NCc1cccnc1OCc1ccccc1)NCCn1cccc1. The molecule has 0 saturated heterocycles. The summed E-state index contributed by atoms with van der Waals surface area (Å²) in [6, 6.07) is 18.0. The smallest absolute Gasteiger partial charge is 0.218 e. The van der Waals surface area contributed by atoms with Crippen molar-refractivity contribution in [2.45, 2.75) is 26.6 Å². The van der Waals surface area contributed by atoms with Crippen molar-refractivity contribution in [2.75, 3.05) is 13.1 Å². The van der Waals surface area contributed by atoms with Crippen molar-refractivity contribution in [1.82, 2.24) is 20.2 Å². The van der Waals surface area contributed by atoms with E-state index < -0.39 is 0 Å². The molecule has 0 radical (unpaired) electrons. The number of benzene rings is 1. The minimum atomic E-state index is 0.490. The van der Waals surface area contributed by atoms with Gasteiger partial charge in [0.1, 0.15) is 6.61 Å². The van der Waals surface area contributed by atoms with Gasteiger partial charge in [-0.3, -0.25) is 0 Å². The third-order valence-electron chi connectivity index (χ3n) is 4.15. The molecule has 2 N–H and O–H groups in total. The Bertz CT molecular complexity index is 846. The van der Waals surface area contributed by atoms with E-state index in [1.807, 2.05) is 54.6 Å². The van der Waals surface area contributed by atoms with Gasteiger partial charge in [0, 0.05) is 43.8 Å². The summed E-state index contributed by atoms with van der Waals surface area (Å²) < 4.78 is 8.05. The largest absolute Gasteiger partial charge is 0.473 e. The normalized spacial score (nSPS) is 11.2. The van der Waals surface area contributed by atoms with Crippen molar-refractivity contribution >= 4 is 5.96 Å². The lowest BCUT2D eigenvalue weighted by Crippen LogP contribution is -2.38. The summed E-state index contributed by atoms with van der Waals surface area (Å²) in [5.41, 5.74) is 2.07. The highest BCUT2D eigenvalue weighted by atomic mass is 16.5. The molecule has 1 aromatic carbocycles. The Morgan fingerprint density at radius 3 is 2.64 bits per heavy atom. The number of nitrogens with zero attached hydrogens (tertiary/aromatic N) is 3. The van der Waals surface area contributed by atoms with Crippen molar-refractivity contribution in [1.29, 1.82) is 0 Å². The molecule has 6 heteroatoms. The monoisotopic (exact) mass is 377 g/mol. The highest BCUT2D eigenvalue weighted by Gasteiger charge is 2.06. The molecule has 0 bridgehead atoms. The molecule has 0 fully saturated rings. The second-order valence-corrected chi connectivity index (χ2v) is 6.28. The quantitative estimate of drug-likeness (QED) is 0.444. The van der Waals surface area contributed by atoms with Crippen LogP contribution in [0.3, 0.4) is 0 Å². The van der Waals surface area contributed by atoms with Gasteiger partial charge in [0.15, 0.2) is 5.96 Å². The number of pyridine rings is 1. The second-order valence-electron chi connectivity index (χ2n) is 6.28. The van der Waals surface area contributed by atoms with E-state index >= 15 is 0 Å². The average Bonchev–Trinajstić information content (AvgIpc) is 3.25. The standard InChI is InChI=1S/C22H27N5O/c1-2-23-22(25-13-16-27-14-6-7-15-27)26-17-20-11-8-12-24-21(20)28-18-19-9-4-3-5-10-19/h3-12,14-15H,2,13,16-18H2,1H3,(H2,23,25,26). The molecule has 3 rings (SSSR count). The molecule has 0 aliphatic heterocycles. The van der Waals surface area contributed by atoms with Gasteiger partial charge in [-0.25, -0.2) is 9.98 Å². The minimum absolute atomic E-state index is 0.490. The maximum Gasteiger partial charge on any atom is 0.218 e. The average molecular weight is 377 g/mol. The fraction of sp³-hybridized carbons (Fsp3) is 0.273. The number of rotatable bonds is 9. The number of hydrogen-bond donors (Lipinski definition) is 2. The lowest BCUT2D eigenvalue weighted by molar-refractivity contribution is 0.290. The van der Waals surface area contributed by atoms with Crippen LogP contribution in [0.25, 0.3) is 0 Å². The Labute approximate surface area is 166 Å². The number of aliphatic imine (C=N–C) groups is 1. The van der Waals surface area contributed by atoms with E-state index in [9.17, 15) is 0 Å². The molecule has 28 heavy (non-hydrogen) atoms. The summed E-state index contributed by atoms with van der Waals surface area (Å²) in [6.07, 6.45) is 5.85. The van der Waals surface area contributed by atoms with Crippen LogP contribution in [0.2, 0.25) is 0 Å². The van der Waals surface area contributed by atoms with Crippen LogP contribution < -0.4 is 15.4 Å². The Balaban J connectivity index is 1.58. The van der Waals surface area contributed by atoms with E-state index in [1.165, 1.54) is 0 Å². The maximum atomic E-state index is 5.92. The number of guanidine groups is 1. The first-order chi connectivity index (χ1) is 13.8. The second kappa shape index (κ2) is 10.8. The topological polar surface area (TPSA) is 63.5 Å². The summed E-state index contributed by atoms with van der Waals surface area (Å²) >= 11 is 0. The van der Waals surface area contributed by atoms with Gasteiger partial charge in [-0.1, -0.05) is 36.4 Å². The Kier molecular flexibility index (Phi) is 7.49. The van der Waals surface area contributed by atoms with Crippen molar-refractivity contribution in [3.05, 3.63) is 84.3 Å². The molecule has 0 atom stereocenters. The van der Waals surface area contributed by atoms with Gasteiger partial charge in [0.25, 0.3) is 0 Å². The van der Waals surface area contributed by atoms with Gasteiger partial charge in [-0.2, -0.15) is 0 Å². The number of nitrogens with one attached hydrogen (secondary N) is 2. The van der Waals surface area contributed by atoms with Crippen LogP contribution in [0.15, 0.2) is 78.2 Å². The van der Waals surface area contributed by atoms with Gasteiger partial charge in [-0.05, 0) is 30.7 Å². The third-order valence-corrected chi connectivity index (χ3v) is 4.15. The fourth-order valence-electron chi connectivity index (χ4n) is 2.73. The van der Waals surface area contributed by atoms with E-state index in [2.05, 4.69) is 44.5 Å². The van der Waals surface area contributed by atoms with Gasteiger partial charge < -0.3 is 19.9 Å². The molecule has 0 saturated carbocycles. The number of hydrogen-bond acceptors (Lipinski definition) is 3. The summed E-state index contributed by atoms with van der Waals surface area (Å²) in [5, 5.41) is 6.64. The molecular weight excluding hydrogens is 350 g/mol. The van der Waals surface area contributed by atoms with Crippen LogP contribution in [0.1, 0.15) is 18.1 Å². The lowest BCUT2D eigenvalue weighted by Gasteiger charge is -2.13. The van der Waals surface area contributed by atoms with E-state index in [-0.39, 0.29) is 0 Å². The van der Waals surface area contributed by atoms with E-state index in [0.29, 0.717) is 19.0 Å². The highest BCUT2D eigenvalue weighted by molar-refractivity contribution is 5.79. The van der Waals surface area contributed by atoms with Crippen molar-refractivity contribution in [3.63, 3.8) is 0 Å². The number of aromatic nitrogens is 2. The van der Waals surface area contributed by atoms with E-state index in [1.54, 1.807) is 6.20 Å². The Morgan fingerprint density at radius 1 is 1.04 bits per heavy atom. The van der Waals surface area contributed by atoms with Gasteiger partial charge in [-0.15, -0.1) is 0 Å². The molecular formula is C22H27N5O. The maximum absolute atomic E-state index is 5.92. The zero-order valence-corrected chi connectivity index (χ0v) is 16.2. The lowest BCUT2D eigenvalue weighted by atomic mass is 10.2. The summed E-state index contributed by atoms with van der Waals surface area (Å²) in [4.78, 5) is 9.06. The zero-order valence-electron chi connectivity index (χ0n) is 16.2. The summed E-state index contributed by atoms with van der Waals surface area (Å²) in [5.74, 6) is 1.41. The molecule has 0 amide bonds. The fourth-order valence-corrected chi connectivity index (χ4v) is 2.73. The molecule has 3 aromatic rings. The molecule has 0 aliphatic carbocycles. The van der Waals surface area contributed by atoms with Crippen LogP contribution in [0.4, 0.5) is 0 Å². The zero-order chi connectivity index (χ0) is 19.4. The number of ether oxygens (including phenoxy) is 1. The van der Waals surface area contributed by atoms with E-state index in [4.69, 9.17) is 4.74 Å². The first-order valence-corrected chi connectivity index (χ1v) is 9.58. The van der Waals surface area contributed by atoms with Crippen molar-refractivity contribution in [2.24, 2.45) is 4.99 Å². The molecule has 146 valence electrons. The Hall–Kier alpha value is -3.28. The predicted molar refractivity (Wildman–Crippen MR) is 112 cm³/mol. The summed E-state index contributed by atoms with van der Waals surface area (Å²) in [7, 11) is 0. The summed E-state index contributed by atoms with van der Waals surface area (Å²) in [6.45, 7) is 5.53. The molecule has 0 aliphatic rings. The van der Waals surface area contributed by atoms with Gasteiger partial charge in [0.2, 0.25) is 5.88 Å². The van der Waals surface area contributed by atoms with Crippen molar-refractivity contribution < 1.29 is 4.74 Å². The van der Waals surface area contributed by atoms with Gasteiger partial charge in [0.05, 0.1) is 6.54 Å². The third kappa shape index (κ3) is 6.16. The van der Waals surface area contributed by atoms with E-state index in [0.717, 1.165) is 36.7 Å². The van der Waals surface area contributed by atoms with Crippen LogP contribution in [-0.4, -0.2) is 28.6 Å². The van der Waals surface area contributed by atoms with Crippen LogP contribution >= 0.6 is 0 Å². The first-order valence-electron chi connectivity index (χ1n) is 9.58. The molecule has 2 aromatic heterocycles. The molecule has 0 spiro atoms. The Morgan fingerprint density at radius 2 is 1.86 bits per heavy atom. The highest BCUT2D eigenvalue weighted by Crippen LogP contribution is 2.17. The first kappa shape index (κ1) is 19.5. The predicted octanol–water partition coefficient (Wildman–Crippen LogP) is 3.22.